The van der Waals surface area contributed by atoms with Crippen molar-refractivity contribution in [1.82, 2.24) is 9.62 Å². The molecule has 0 radical (unpaired) electrons. The summed E-state index contributed by atoms with van der Waals surface area (Å²) in [6.45, 7) is 0.893. The van der Waals surface area contributed by atoms with Crippen LogP contribution in [0, 0.1) is 5.92 Å². The van der Waals surface area contributed by atoms with Gasteiger partial charge in [0.1, 0.15) is 5.75 Å². The van der Waals surface area contributed by atoms with E-state index < -0.39 is 22.0 Å². The van der Waals surface area contributed by atoms with E-state index in [1.165, 1.54) is 28.6 Å². The van der Waals surface area contributed by atoms with Gasteiger partial charge in [-0.2, -0.15) is 4.31 Å². The minimum atomic E-state index is -3.78. The molecular formula is C29H30ClN3O5S. The number of para-hydroxylation sites is 2. The topological polar surface area (TPSA) is 96.0 Å². The Morgan fingerprint density at radius 1 is 0.949 bits per heavy atom. The molecule has 3 aromatic carbocycles. The molecule has 0 saturated carbocycles. The quantitative estimate of drug-likeness (QED) is 0.467. The van der Waals surface area contributed by atoms with Gasteiger partial charge >= 0.3 is 0 Å². The Labute approximate surface area is 233 Å². The van der Waals surface area contributed by atoms with E-state index in [4.69, 9.17) is 16.3 Å². The minimum absolute atomic E-state index is 0.0491. The number of carbonyl (C=O) groups is 2. The van der Waals surface area contributed by atoms with Crippen molar-refractivity contribution in [2.45, 2.75) is 30.3 Å². The highest BCUT2D eigenvalue weighted by molar-refractivity contribution is 7.89. The first-order chi connectivity index (χ1) is 18.8. The predicted octanol–water partition coefficient (Wildman–Crippen LogP) is 3.89. The first-order valence-corrected chi connectivity index (χ1v) is 14.8. The van der Waals surface area contributed by atoms with Crippen LogP contribution in [0.3, 0.4) is 0 Å². The zero-order valence-corrected chi connectivity index (χ0v) is 22.9. The summed E-state index contributed by atoms with van der Waals surface area (Å²) in [7, 11) is -3.78. The number of fused-ring (bicyclic) bond motifs is 1. The number of anilines is 1. The first kappa shape index (κ1) is 27.2. The number of benzene rings is 3. The van der Waals surface area contributed by atoms with E-state index >= 15 is 0 Å². The highest BCUT2D eigenvalue weighted by atomic mass is 35.5. The summed E-state index contributed by atoms with van der Waals surface area (Å²) in [5, 5.41) is 3.37. The van der Waals surface area contributed by atoms with Gasteiger partial charge in [-0.05, 0) is 61.2 Å². The van der Waals surface area contributed by atoms with Crippen molar-refractivity contribution < 1.29 is 22.7 Å². The highest BCUT2D eigenvalue weighted by Crippen LogP contribution is 2.35. The van der Waals surface area contributed by atoms with Gasteiger partial charge in [0.2, 0.25) is 15.9 Å². The number of amides is 2. The number of piperidine rings is 1. The number of rotatable bonds is 7. The Kier molecular flexibility index (Phi) is 8.20. The summed E-state index contributed by atoms with van der Waals surface area (Å²) in [5.74, 6) is -0.617. The zero-order chi connectivity index (χ0) is 27.4. The van der Waals surface area contributed by atoms with E-state index in [9.17, 15) is 18.0 Å². The van der Waals surface area contributed by atoms with Crippen LogP contribution in [-0.4, -0.2) is 56.8 Å². The summed E-state index contributed by atoms with van der Waals surface area (Å²) in [5.41, 5.74) is 1.69. The fourth-order valence-corrected chi connectivity index (χ4v) is 6.66. The molecule has 2 aliphatic heterocycles. The fraction of sp³-hybridized carbons (Fsp3) is 0.310. The Bertz CT molecular complexity index is 1430. The summed E-state index contributed by atoms with van der Waals surface area (Å²) in [6.07, 6.45) is 0.910. The summed E-state index contributed by atoms with van der Waals surface area (Å²) >= 11 is 5.93. The molecule has 0 aromatic heterocycles. The van der Waals surface area contributed by atoms with Crippen molar-refractivity contribution in [3.8, 4) is 5.75 Å². The molecule has 0 aliphatic carbocycles. The fourth-order valence-electron chi connectivity index (χ4n) is 5.01. The first-order valence-electron chi connectivity index (χ1n) is 13.0. The lowest BCUT2D eigenvalue weighted by Crippen LogP contribution is -2.54. The van der Waals surface area contributed by atoms with Crippen molar-refractivity contribution >= 4 is 39.1 Å². The normalized spacial score (nSPS) is 19.6. The number of hydrogen-bond donors (Lipinski definition) is 1. The number of hydrogen-bond acceptors (Lipinski definition) is 5. The van der Waals surface area contributed by atoms with Gasteiger partial charge in [-0.15, -0.1) is 0 Å². The van der Waals surface area contributed by atoms with E-state index in [0.717, 1.165) is 5.56 Å². The third kappa shape index (κ3) is 6.11. The predicted molar refractivity (Wildman–Crippen MR) is 149 cm³/mol. The van der Waals surface area contributed by atoms with Crippen LogP contribution in [0.5, 0.6) is 5.75 Å². The molecule has 5 rings (SSSR count). The van der Waals surface area contributed by atoms with Crippen LogP contribution in [0.4, 0.5) is 5.69 Å². The molecule has 1 saturated heterocycles. The highest BCUT2D eigenvalue weighted by Gasteiger charge is 2.39. The van der Waals surface area contributed by atoms with E-state index in [2.05, 4.69) is 5.32 Å². The van der Waals surface area contributed by atoms with E-state index in [-0.39, 0.29) is 29.8 Å². The van der Waals surface area contributed by atoms with Crippen LogP contribution in [0.25, 0.3) is 0 Å². The third-order valence-corrected chi connectivity index (χ3v) is 9.20. The number of ether oxygens (including phenoxy) is 1. The minimum Gasteiger partial charge on any atom is -0.477 e. The van der Waals surface area contributed by atoms with Crippen LogP contribution in [0.1, 0.15) is 18.4 Å². The second kappa shape index (κ2) is 11.8. The van der Waals surface area contributed by atoms with Crippen molar-refractivity contribution in [3.05, 3.63) is 89.4 Å². The lowest BCUT2D eigenvalue weighted by molar-refractivity contribution is -0.129. The summed E-state index contributed by atoms with van der Waals surface area (Å²) < 4.78 is 33.9. The smallest absolute Gasteiger partial charge is 0.262 e. The van der Waals surface area contributed by atoms with Crippen LogP contribution < -0.4 is 15.0 Å². The van der Waals surface area contributed by atoms with Gasteiger partial charge in [-0.1, -0.05) is 54.1 Å². The Morgan fingerprint density at radius 3 is 2.44 bits per heavy atom. The van der Waals surface area contributed by atoms with Crippen LogP contribution in [0.2, 0.25) is 5.02 Å². The number of carbonyl (C=O) groups excluding carboxylic acids is 2. The van der Waals surface area contributed by atoms with Gasteiger partial charge in [0.25, 0.3) is 5.91 Å². The molecule has 2 heterocycles. The van der Waals surface area contributed by atoms with E-state index in [1.807, 2.05) is 30.3 Å². The molecule has 2 aliphatic rings. The average molecular weight is 568 g/mol. The summed E-state index contributed by atoms with van der Waals surface area (Å²) in [4.78, 5) is 28.6. The second-order valence-electron chi connectivity index (χ2n) is 9.71. The van der Waals surface area contributed by atoms with Crippen LogP contribution >= 0.6 is 11.6 Å². The molecule has 2 amide bonds. The number of halogens is 1. The lowest BCUT2D eigenvalue weighted by atomic mass is 9.97. The third-order valence-electron chi connectivity index (χ3n) is 7.07. The average Bonchev–Trinajstić information content (AvgIpc) is 2.97. The van der Waals surface area contributed by atoms with Crippen molar-refractivity contribution in [3.63, 3.8) is 0 Å². The molecule has 1 fully saturated rings. The van der Waals surface area contributed by atoms with Crippen molar-refractivity contribution in [2.24, 2.45) is 5.92 Å². The van der Waals surface area contributed by atoms with Crippen molar-refractivity contribution in [2.75, 3.05) is 31.1 Å². The van der Waals surface area contributed by atoms with Gasteiger partial charge in [0, 0.05) is 24.7 Å². The zero-order valence-electron chi connectivity index (χ0n) is 21.3. The molecule has 39 heavy (non-hydrogen) atoms. The molecule has 204 valence electrons. The molecule has 2 atom stereocenters. The Hall–Kier alpha value is -3.40. The Morgan fingerprint density at radius 2 is 1.67 bits per heavy atom. The van der Waals surface area contributed by atoms with Gasteiger partial charge in [-0.25, -0.2) is 8.42 Å². The van der Waals surface area contributed by atoms with Gasteiger partial charge < -0.3 is 15.0 Å². The van der Waals surface area contributed by atoms with E-state index in [0.29, 0.717) is 48.8 Å². The molecular weight excluding hydrogens is 538 g/mol. The monoisotopic (exact) mass is 567 g/mol. The van der Waals surface area contributed by atoms with Gasteiger partial charge in [0.15, 0.2) is 6.10 Å². The molecule has 3 aromatic rings. The molecule has 0 bridgehead atoms. The maximum atomic E-state index is 13.8. The standard InChI is InChI=1S/C29H30ClN3O5S/c30-23-12-14-24(15-13-23)39(36,37)32-18-6-9-22(19-32)29(35)33-20-27(38-26-11-5-4-10-25(26)33)28(34)31-17-16-21-7-2-1-3-8-21/h1-5,7-8,10-15,22,27H,6,9,16-20H2,(H,31,34)/t22-,27-/m0/s1. The maximum absolute atomic E-state index is 13.8. The number of nitrogens with one attached hydrogen (secondary N) is 1. The Balaban J connectivity index is 1.29. The molecule has 0 unspecified atom stereocenters. The van der Waals surface area contributed by atoms with E-state index in [1.54, 1.807) is 29.2 Å². The molecule has 0 spiro atoms. The van der Waals surface area contributed by atoms with Crippen LogP contribution in [0.15, 0.2) is 83.8 Å². The lowest BCUT2D eigenvalue weighted by Gasteiger charge is -2.38. The van der Waals surface area contributed by atoms with Crippen LogP contribution in [-0.2, 0) is 26.0 Å². The SMILES string of the molecule is O=C(NCCc1ccccc1)[C@@H]1CN(C(=O)[C@H]2CCCN(S(=O)(=O)c3ccc(Cl)cc3)C2)c2ccccc2O1. The van der Waals surface area contributed by atoms with Crippen molar-refractivity contribution in [1.29, 1.82) is 0 Å². The largest absolute Gasteiger partial charge is 0.477 e. The summed E-state index contributed by atoms with van der Waals surface area (Å²) in [6, 6.07) is 23.0. The van der Waals surface area contributed by atoms with Gasteiger partial charge in [-0.3, -0.25) is 9.59 Å². The molecule has 1 N–H and O–H groups in total. The second-order valence-corrected chi connectivity index (χ2v) is 12.1. The molecule has 10 heteroatoms. The maximum Gasteiger partial charge on any atom is 0.262 e. The number of sulfonamides is 1. The molecule has 8 nitrogen and oxygen atoms in total. The number of nitrogens with zero attached hydrogens (tertiary/aromatic N) is 2. The van der Waals surface area contributed by atoms with Gasteiger partial charge in [0.05, 0.1) is 23.0 Å².